The summed E-state index contributed by atoms with van der Waals surface area (Å²) in [5, 5.41) is 0. The molecule has 2 fully saturated rings. The minimum Gasteiger partial charge on any atom is -0.369 e. The third-order valence-electron chi connectivity index (χ3n) is 5.67. The molecule has 1 amide bonds. The molecule has 1 aromatic carbocycles. The van der Waals surface area contributed by atoms with Crippen LogP contribution in [0.3, 0.4) is 0 Å². The number of nitrogens with two attached hydrogens (primary N) is 1. The van der Waals surface area contributed by atoms with Crippen molar-refractivity contribution in [1.29, 1.82) is 0 Å². The number of hydrogen-bond donors (Lipinski definition) is 1. The number of hydrogen-bond acceptors (Lipinski definition) is 4. The number of halogens is 1. The Kier molecular flexibility index (Phi) is 5.91. The summed E-state index contributed by atoms with van der Waals surface area (Å²) in [6.07, 6.45) is 2.04. The van der Waals surface area contributed by atoms with Gasteiger partial charge in [-0.15, -0.1) is 0 Å². The molecule has 0 aromatic heterocycles. The van der Waals surface area contributed by atoms with Crippen LogP contribution in [-0.4, -0.2) is 67.6 Å². The number of carbonyl (C=O) groups excluding carboxylic acids is 1. The van der Waals surface area contributed by atoms with E-state index in [1.807, 2.05) is 24.0 Å². The zero-order valence-corrected chi connectivity index (χ0v) is 15.0. The highest BCUT2D eigenvalue weighted by atomic mass is 19.1. The van der Waals surface area contributed by atoms with Crippen molar-refractivity contribution in [1.82, 2.24) is 9.80 Å². The standard InChI is InChI=1S/C19H29FN4O/c1-15(19(25)24-8-6-16(14-21)7-9-24)22-10-12-23(13-11-22)18-4-2-17(20)3-5-18/h2-5,15-16H,6-14,21H2,1H3. The van der Waals surface area contributed by atoms with Gasteiger partial charge in [0.05, 0.1) is 6.04 Å². The lowest BCUT2D eigenvalue weighted by atomic mass is 9.96. The largest absolute Gasteiger partial charge is 0.369 e. The molecule has 25 heavy (non-hydrogen) atoms. The van der Waals surface area contributed by atoms with Gasteiger partial charge in [-0.2, -0.15) is 0 Å². The van der Waals surface area contributed by atoms with Gasteiger partial charge < -0.3 is 15.5 Å². The number of benzene rings is 1. The highest BCUT2D eigenvalue weighted by molar-refractivity contribution is 5.81. The fraction of sp³-hybridized carbons (Fsp3) is 0.632. The van der Waals surface area contributed by atoms with Crippen LogP contribution in [-0.2, 0) is 4.79 Å². The Labute approximate surface area is 149 Å². The smallest absolute Gasteiger partial charge is 0.239 e. The van der Waals surface area contributed by atoms with Gasteiger partial charge in [0.2, 0.25) is 5.91 Å². The Morgan fingerprint density at radius 3 is 2.28 bits per heavy atom. The molecule has 6 heteroatoms. The van der Waals surface area contributed by atoms with E-state index in [0.29, 0.717) is 5.92 Å². The first-order valence-electron chi connectivity index (χ1n) is 9.32. The van der Waals surface area contributed by atoms with Crippen LogP contribution in [0.5, 0.6) is 0 Å². The first-order valence-corrected chi connectivity index (χ1v) is 9.32. The van der Waals surface area contributed by atoms with Crippen molar-refractivity contribution in [3.05, 3.63) is 30.1 Å². The van der Waals surface area contributed by atoms with Crippen molar-refractivity contribution in [3.8, 4) is 0 Å². The highest BCUT2D eigenvalue weighted by Crippen LogP contribution is 2.20. The van der Waals surface area contributed by atoms with Crippen LogP contribution in [0.15, 0.2) is 24.3 Å². The van der Waals surface area contributed by atoms with Crippen molar-refractivity contribution in [3.63, 3.8) is 0 Å². The monoisotopic (exact) mass is 348 g/mol. The number of piperidine rings is 1. The van der Waals surface area contributed by atoms with Gasteiger partial charge in [0, 0.05) is 45.0 Å². The van der Waals surface area contributed by atoms with Crippen LogP contribution in [0.1, 0.15) is 19.8 Å². The van der Waals surface area contributed by atoms with Crippen LogP contribution in [0.4, 0.5) is 10.1 Å². The minimum absolute atomic E-state index is 0.0789. The summed E-state index contributed by atoms with van der Waals surface area (Å²) in [6, 6.07) is 6.56. The topological polar surface area (TPSA) is 52.8 Å². The summed E-state index contributed by atoms with van der Waals surface area (Å²) in [5.41, 5.74) is 6.78. The Morgan fingerprint density at radius 2 is 1.72 bits per heavy atom. The highest BCUT2D eigenvalue weighted by Gasteiger charge is 2.30. The fourth-order valence-electron chi connectivity index (χ4n) is 3.83. The summed E-state index contributed by atoms with van der Waals surface area (Å²) in [6.45, 7) is 7.83. The lowest BCUT2D eigenvalue weighted by molar-refractivity contribution is -0.138. The van der Waals surface area contributed by atoms with E-state index in [4.69, 9.17) is 5.73 Å². The molecule has 2 aliphatic rings. The number of likely N-dealkylation sites (tertiary alicyclic amines) is 1. The van der Waals surface area contributed by atoms with Crippen LogP contribution in [0.2, 0.25) is 0 Å². The van der Waals surface area contributed by atoms with E-state index in [-0.39, 0.29) is 17.8 Å². The molecule has 0 saturated carbocycles. The Morgan fingerprint density at radius 1 is 1.12 bits per heavy atom. The fourth-order valence-corrected chi connectivity index (χ4v) is 3.83. The quantitative estimate of drug-likeness (QED) is 0.897. The van der Waals surface area contributed by atoms with E-state index in [0.717, 1.165) is 64.3 Å². The Bertz CT molecular complexity index is 563. The average Bonchev–Trinajstić information content (AvgIpc) is 2.67. The molecular formula is C19H29FN4O. The minimum atomic E-state index is -0.208. The van der Waals surface area contributed by atoms with Crippen molar-refractivity contribution in [2.75, 3.05) is 50.7 Å². The van der Waals surface area contributed by atoms with Gasteiger partial charge in [0.15, 0.2) is 0 Å². The Hall–Kier alpha value is -1.66. The number of amides is 1. The van der Waals surface area contributed by atoms with Gasteiger partial charge in [-0.3, -0.25) is 9.69 Å². The van der Waals surface area contributed by atoms with Crippen LogP contribution < -0.4 is 10.6 Å². The maximum absolute atomic E-state index is 13.1. The summed E-state index contributed by atoms with van der Waals surface area (Å²) in [5.74, 6) is 0.601. The molecule has 2 heterocycles. The molecule has 0 bridgehead atoms. The molecule has 3 rings (SSSR count). The van der Waals surface area contributed by atoms with Gasteiger partial charge in [-0.1, -0.05) is 0 Å². The molecule has 1 atom stereocenters. The predicted molar refractivity (Wildman–Crippen MR) is 98.0 cm³/mol. The molecule has 0 aliphatic carbocycles. The zero-order chi connectivity index (χ0) is 17.8. The second kappa shape index (κ2) is 8.15. The lowest BCUT2D eigenvalue weighted by Crippen LogP contribution is -2.55. The van der Waals surface area contributed by atoms with E-state index in [1.165, 1.54) is 12.1 Å². The van der Waals surface area contributed by atoms with Gasteiger partial charge in [-0.05, 0) is 56.5 Å². The second-order valence-electron chi connectivity index (χ2n) is 7.18. The number of anilines is 1. The molecule has 1 unspecified atom stereocenters. The maximum atomic E-state index is 13.1. The third-order valence-corrected chi connectivity index (χ3v) is 5.67. The molecule has 2 aliphatic heterocycles. The molecule has 138 valence electrons. The van der Waals surface area contributed by atoms with Crippen molar-refractivity contribution in [2.24, 2.45) is 11.7 Å². The number of piperazine rings is 1. The predicted octanol–water partition coefficient (Wildman–Crippen LogP) is 1.53. The maximum Gasteiger partial charge on any atom is 0.239 e. The molecule has 2 saturated heterocycles. The van der Waals surface area contributed by atoms with E-state index >= 15 is 0 Å². The number of nitrogens with zero attached hydrogens (tertiary/aromatic N) is 3. The van der Waals surface area contributed by atoms with E-state index in [9.17, 15) is 9.18 Å². The van der Waals surface area contributed by atoms with Gasteiger partial charge in [0.25, 0.3) is 0 Å². The zero-order valence-electron chi connectivity index (χ0n) is 15.0. The van der Waals surface area contributed by atoms with Gasteiger partial charge in [0.1, 0.15) is 5.82 Å². The van der Waals surface area contributed by atoms with E-state index in [2.05, 4.69) is 9.80 Å². The lowest BCUT2D eigenvalue weighted by Gasteiger charge is -2.41. The molecule has 0 spiro atoms. The molecule has 2 N–H and O–H groups in total. The van der Waals surface area contributed by atoms with Crippen LogP contribution in [0, 0.1) is 11.7 Å². The van der Waals surface area contributed by atoms with E-state index < -0.39 is 0 Å². The number of carbonyl (C=O) groups is 1. The van der Waals surface area contributed by atoms with Gasteiger partial charge in [-0.25, -0.2) is 4.39 Å². The van der Waals surface area contributed by atoms with Crippen LogP contribution >= 0.6 is 0 Å². The van der Waals surface area contributed by atoms with Crippen LogP contribution in [0.25, 0.3) is 0 Å². The average molecular weight is 348 g/mol. The van der Waals surface area contributed by atoms with Gasteiger partial charge >= 0.3 is 0 Å². The summed E-state index contributed by atoms with van der Waals surface area (Å²) < 4.78 is 13.1. The summed E-state index contributed by atoms with van der Waals surface area (Å²) >= 11 is 0. The summed E-state index contributed by atoms with van der Waals surface area (Å²) in [4.78, 5) is 19.3. The second-order valence-corrected chi connectivity index (χ2v) is 7.18. The number of rotatable bonds is 4. The SMILES string of the molecule is CC(C(=O)N1CCC(CN)CC1)N1CCN(c2ccc(F)cc2)CC1. The molecular weight excluding hydrogens is 319 g/mol. The molecule has 5 nitrogen and oxygen atoms in total. The molecule has 0 radical (unpaired) electrons. The Balaban J connectivity index is 1.50. The third kappa shape index (κ3) is 4.30. The summed E-state index contributed by atoms with van der Waals surface area (Å²) in [7, 11) is 0. The van der Waals surface area contributed by atoms with Crippen molar-refractivity contribution < 1.29 is 9.18 Å². The first kappa shape index (κ1) is 18.1. The van der Waals surface area contributed by atoms with E-state index in [1.54, 1.807) is 0 Å². The molecule has 1 aromatic rings. The first-order chi connectivity index (χ1) is 12.1. The normalized spacial score (nSPS) is 21.4. The van der Waals surface area contributed by atoms with Crippen molar-refractivity contribution in [2.45, 2.75) is 25.8 Å². The van der Waals surface area contributed by atoms with Crippen molar-refractivity contribution >= 4 is 11.6 Å².